The molecule has 0 N–H and O–H groups in total. The van der Waals surface area contributed by atoms with Crippen LogP contribution < -0.4 is 8.52 Å². The first-order valence-corrected chi connectivity index (χ1v) is 3.67. The summed E-state index contributed by atoms with van der Waals surface area (Å²) in [6.45, 7) is 0. The van der Waals surface area contributed by atoms with Gasteiger partial charge in [-0.05, 0) is 0 Å². The molecule has 0 spiro atoms. The normalized spacial score (nSPS) is 8.30. The molecule has 0 saturated heterocycles. The maximum atomic E-state index is 4.96. The van der Waals surface area contributed by atoms with Gasteiger partial charge in [0.2, 0.25) is 0 Å². The predicted octanol–water partition coefficient (Wildman–Crippen LogP) is 0.925. The van der Waals surface area contributed by atoms with Gasteiger partial charge < -0.3 is 0 Å². The molecule has 1 aromatic carbocycles. The van der Waals surface area contributed by atoms with Gasteiger partial charge >= 0.3 is 66.7 Å². The smallest absolute Gasteiger partial charge is 0.153 e. The Bertz CT molecular complexity index is 185. The Morgan fingerprint density at radius 2 is 1.70 bits per heavy atom. The van der Waals surface area contributed by atoms with E-state index in [-0.39, 0.29) is 9.90 Å². The van der Waals surface area contributed by atoms with Crippen LogP contribution in [0.5, 0.6) is 5.75 Å². The van der Waals surface area contributed by atoms with Crippen molar-refractivity contribution in [2.24, 2.45) is 0 Å². The minimum absolute atomic E-state index is 0. The zero-order valence-corrected chi connectivity index (χ0v) is 9.31. The predicted molar refractivity (Wildman–Crippen MR) is 43.7 cm³/mol. The SMILES string of the molecule is COc1cc[c]([Au])cc1.P. The molecule has 1 atom stereocenters. The number of hydrogen-bond acceptors (Lipinski definition) is 1. The number of methoxy groups -OCH3 is 1. The third-order valence-electron chi connectivity index (χ3n) is 1.02. The molecule has 1 aromatic rings. The number of rotatable bonds is 1. The van der Waals surface area contributed by atoms with Crippen molar-refractivity contribution >= 4 is 13.7 Å². The summed E-state index contributed by atoms with van der Waals surface area (Å²) in [5.41, 5.74) is 0. The molecular weight excluding hydrogens is 328 g/mol. The Balaban J connectivity index is 0.000000810. The average Bonchev–Trinajstić information content (AvgIpc) is 1.90. The van der Waals surface area contributed by atoms with Gasteiger partial charge in [0, 0.05) is 0 Å². The van der Waals surface area contributed by atoms with Gasteiger partial charge in [-0.1, -0.05) is 0 Å². The number of benzene rings is 1. The van der Waals surface area contributed by atoms with Gasteiger partial charge in [0.05, 0.1) is 0 Å². The summed E-state index contributed by atoms with van der Waals surface area (Å²) in [6, 6.07) is 7.88. The molecule has 0 fully saturated rings. The molecule has 10 heavy (non-hydrogen) atoms. The largest absolute Gasteiger partial charge is 0.153 e. The van der Waals surface area contributed by atoms with Gasteiger partial charge in [0.25, 0.3) is 0 Å². The van der Waals surface area contributed by atoms with Gasteiger partial charge in [-0.2, -0.15) is 9.90 Å². The summed E-state index contributed by atoms with van der Waals surface area (Å²) >= 11 is 2.43. The Kier molecular flexibility index (Phi) is 5.02. The van der Waals surface area contributed by atoms with E-state index in [0.717, 1.165) is 5.75 Å². The van der Waals surface area contributed by atoms with Crippen molar-refractivity contribution < 1.29 is 25.8 Å². The summed E-state index contributed by atoms with van der Waals surface area (Å²) in [5.74, 6) is 0.908. The summed E-state index contributed by atoms with van der Waals surface area (Å²) < 4.78 is 6.17. The van der Waals surface area contributed by atoms with E-state index in [1.54, 1.807) is 7.11 Å². The van der Waals surface area contributed by atoms with E-state index in [0.29, 0.717) is 0 Å². The zero-order chi connectivity index (χ0) is 6.69. The molecule has 1 nitrogen and oxygen atoms in total. The van der Waals surface area contributed by atoms with E-state index >= 15 is 0 Å². The standard InChI is InChI=1S/C7H7O.Au.H3P/c1-8-7-5-3-2-4-6-7;;/h3-6H,1H3;;1H3. The van der Waals surface area contributed by atoms with E-state index in [4.69, 9.17) is 4.74 Å². The number of ether oxygens (including phenoxy) is 1. The maximum absolute atomic E-state index is 4.96. The van der Waals surface area contributed by atoms with Crippen LogP contribution in [-0.4, -0.2) is 7.11 Å². The van der Waals surface area contributed by atoms with Crippen molar-refractivity contribution in [1.82, 2.24) is 0 Å². The topological polar surface area (TPSA) is 9.23 Å². The van der Waals surface area contributed by atoms with Crippen LogP contribution in [0.15, 0.2) is 24.3 Å². The van der Waals surface area contributed by atoms with Gasteiger partial charge in [-0.3, -0.25) is 0 Å². The molecule has 0 aliphatic rings. The summed E-state index contributed by atoms with van der Waals surface area (Å²) in [6.07, 6.45) is 0. The summed E-state index contributed by atoms with van der Waals surface area (Å²) in [7, 11) is 1.67. The molecule has 0 amide bonds. The third-order valence-corrected chi connectivity index (χ3v) is 1.75. The van der Waals surface area contributed by atoms with Crippen molar-refractivity contribution in [3.63, 3.8) is 0 Å². The van der Waals surface area contributed by atoms with Gasteiger partial charge in [-0.25, -0.2) is 0 Å². The number of hydrogen-bond donors (Lipinski definition) is 0. The van der Waals surface area contributed by atoms with Crippen molar-refractivity contribution in [2.45, 2.75) is 0 Å². The Morgan fingerprint density at radius 1 is 1.20 bits per heavy atom. The van der Waals surface area contributed by atoms with Crippen molar-refractivity contribution in [2.75, 3.05) is 7.11 Å². The molecule has 0 radical (unpaired) electrons. The average molecular weight is 338 g/mol. The molecule has 0 aliphatic carbocycles. The molecule has 60 valence electrons. The second-order valence-electron chi connectivity index (χ2n) is 1.61. The fourth-order valence-corrected chi connectivity index (χ4v) is 0.919. The first-order chi connectivity index (χ1) is 4.33. The summed E-state index contributed by atoms with van der Waals surface area (Å²) in [5, 5.41) is 0. The van der Waals surface area contributed by atoms with E-state index in [2.05, 4.69) is 21.1 Å². The second-order valence-corrected chi connectivity index (χ2v) is 2.86. The minimum atomic E-state index is 0. The molecule has 1 unspecified atom stereocenters. The van der Waals surface area contributed by atoms with Gasteiger partial charge in [0.1, 0.15) is 0 Å². The second kappa shape index (κ2) is 4.92. The van der Waals surface area contributed by atoms with Crippen molar-refractivity contribution in [3.8, 4) is 5.75 Å². The first kappa shape index (κ1) is 10.2. The van der Waals surface area contributed by atoms with Crippen LogP contribution in [0.1, 0.15) is 0 Å². The zero-order valence-electron chi connectivity index (χ0n) is 5.73. The van der Waals surface area contributed by atoms with Gasteiger partial charge in [0.15, 0.2) is 0 Å². The molecule has 3 heteroatoms. The summed E-state index contributed by atoms with van der Waals surface area (Å²) in [4.78, 5) is 0. The molecular formula is C7H10AuOP. The molecule has 0 bridgehead atoms. The Morgan fingerprint density at radius 3 is 2.10 bits per heavy atom. The van der Waals surface area contributed by atoms with E-state index in [1.165, 1.54) is 3.78 Å². The minimum Gasteiger partial charge on any atom is -0.153 e. The van der Waals surface area contributed by atoms with E-state index in [1.807, 2.05) is 24.3 Å². The van der Waals surface area contributed by atoms with Crippen LogP contribution in [0.2, 0.25) is 0 Å². The van der Waals surface area contributed by atoms with Gasteiger partial charge in [-0.15, -0.1) is 0 Å². The third kappa shape index (κ3) is 2.85. The van der Waals surface area contributed by atoms with Crippen LogP contribution in [0.3, 0.4) is 0 Å². The first-order valence-electron chi connectivity index (χ1n) is 2.58. The molecule has 0 aromatic heterocycles. The van der Waals surface area contributed by atoms with Crippen LogP contribution in [0, 0.1) is 0 Å². The molecule has 0 aliphatic heterocycles. The van der Waals surface area contributed by atoms with E-state index < -0.39 is 0 Å². The maximum Gasteiger partial charge on any atom is -0.153 e. The molecule has 0 heterocycles. The van der Waals surface area contributed by atoms with Crippen molar-refractivity contribution in [3.05, 3.63) is 24.3 Å². The molecule has 1 rings (SSSR count). The Labute approximate surface area is 76.7 Å². The van der Waals surface area contributed by atoms with Crippen LogP contribution in [0.4, 0.5) is 0 Å². The Hall–Kier alpha value is 0.190. The van der Waals surface area contributed by atoms with Crippen molar-refractivity contribution in [1.29, 1.82) is 0 Å². The fourth-order valence-electron chi connectivity index (χ4n) is 0.558. The van der Waals surface area contributed by atoms with Crippen LogP contribution >= 0.6 is 9.90 Å². The van der Waals surface area contributed by atoms with Crippen LogP contribution in [-0.2, 0) is 21.1 Å². The molecule has 0 saturated carbocycles. The van der Waals surface area contributed by atoms with Crippen LogP contribution in [0.25, 0.3) is 0 Å². The quantitative estimate of drug-likeness (QED) is 0.547. The monoisotopic (exact) mass is 338 g/mol. The fraction of sp³-hybridized carbons (Fsp3) is 0.143. The van der Waals surface area contributed by atoms with E-state index in [9.17, 15) is 0 Å².